The first-order chi connectivity index (χ1) is 15.3. The van der Waals surface area contributed by atoms with Crippen molar-refractivity contribution >= 4 is 27.0 Å². The van der Waals surface area contributed by atoms with Crippen molar-refractivity contribution in [1.29, 1.82) is 0 Å². The molecule has 1 amide bonds. The van der Waals surface area contributed by atoms with Crippen LogP contribution < -0.4 is 5.32 Å². The number of carbonyl (C=O) groups excluding carboxylic acids is 1. The summed E-state index contributed by atoms with van der Waals surface area (Å²) in [7, 11) is 1.12. The summed E-state index contributed by atoms with van der Waals surface area (Å²) in [5, 5.41) is 2.96. The molecule has 0 fully saturated rings. The Morgan fingerprint density at radius 3 is 2.53 bits per heavy atom. The van der Waals surface area contributed by atoms with Crippen LogP contribution in [-0.2, 0) is 45.7 Å². The van der Waals surface area contributed by atoms with Crippen LogP contribution in [0.5, 0.6) is 0 Å². The molecule has 0 bridgehead atoms. The highest BCUT2D eigenvalue weighted by molar-refractivity contribution is 7.89. The molecule has 1 N–H and O–H groups in total. The number of rotatable bonds is 10. The molecule has 1 heterocycles. The highest BCUT2D eigenvalue weighted by atomic mass is 32.2. The Kier molecular flexibility index (Phi) is 7.65. The van der Waals surface area contributed by atoms with E-state index in [0.717, 1.165) is 22.5 Å². The fourth-order valence-corrected chi connectivity index (χ4v) is 4.53. The first-order valence-corrected chi connectivity index (χ1v) is 12.0. The maximum atomic E-state index is 12.5. The van der Waals surface area contributed by atoms with E-state index in [1.54, 1.807) is 25.3 Å². The molecule has 0 spiro atoms. The van der Waals surface area contributed by atoms with Crippen molar-refractivity contribution in [3.8, 4) is 0 Å². The fourth-order valence-electron chi connectivity index (χ4n) is 3.61. The molecule has 1 aromatic heterocycles. The molecule has 0 saturated carbocycles. The maximum Gasteiger partial charge on any atom is 0.242 e. The van der Waals surface area contributed by atoms with Crippen LogP contribution in [0.4, 0.5) is 0 Å². The van der Waals surface area contributed by atoms with Gasteiger partial charge in [-0.15, -0.1) is 0 Å². The molecule has 2 aromatic carbocycles. The third kappa shape index (κ3) is 5.17. The molecule has 0 aliphatic carbocycles. The molecule has 0 radical (unpaired) electrons. The Morgan fingerprint density at radius 2 is 1.88 bits per heavy atom. The van der Waals surface area contributed by atoms with Crippen molar-refractivity contribution < 1.29 is 17.9 Å². The minimum atomic E-state index is -3.53. The van der Waals surface area contributed by atoms with Crippen molar-refractivity contribution in [2.45, 2.75) is 44.4 Å². The molecule has 0 saturated heterocycles. The van der Waals surface area contributed by atoms with E-state index >= 15 is 0 Å². The van der Waals surface area contributed by atoms with Gasteiger partial charge < -0.3 is 14.6 Å². The molecule has 0 unspecified atom stereocenters. The minimum Gasteiger partial charge on any atom is -0.380 e. The molecule has 8 nitrogen and oxygen atoms in total. The number of aromatic nitrogens is 2. The van der Waals surface area contributed by atoms with E-state index in [4.69, 9.17) is 4.74 Å². The second-order valence-electron chi connectivity index (χ2n) is 7.69. The number of hydrogen-bond donors (Lipinski definition) is 1. The Morgan fingerprint density at radius 1 is 1.16 bits per heavy atom. The number of nitrogens with one attached hydrogen (secondary N) is 1. The standard InChI is InChI=1S/C23H30N4O4S/c1-5-27-21-11-10-19(32(29,30)26(2)3)14-20(21)25-22(27)12-13-23(28)24-15-17-8-6-7-9-18(17)16-31-4/h6-11,14H,5,12-13,15-16H2,1-4H3,(H,24,28). The van der Waals surface area contributed by atoms with Crippen LogP contribution in [0.25, 0.3) is 11.0 Å². The number of ether oxygens (including phenoxy) is 1. The highest BCUT2D eigenvalue weighted by Gasteiger charge is 2.19. The summed E-state index contributed by atoms with van der Waals surface area (Å²) in [5.41, 5.74) is 3.54. The monoisotopic (exact) mass is 458 g/mol. The predicted octanol–water partition coefficient (Wildman–Crippen LogP) is 2.70. The van der Waals surface area contributed by atoms with Gasteiger partial charge in [-0.25, -0.2) is 17.7 Å². The highest BCUT2D eigenvalue weighted by Crippen LogP contribution is 2.22. The number of aryl methyl sites for hydroxylation is 2. The number of sulfonamides is 1. The number of hydrogen-bond acceptors (Lipinski definition) is 5. The van der Waals surface area contributed by atoms with Crippen LogP contribution in [0, 0.1) is 0 Å². The van der Waals surface area contributed by atoms with Crippen molar-refractivity contribution in [1.82, 2.24) is 19.2 Å². The number of nitrogens with zero attached hydrogens (tertiary/aromatic N) is 3. The van der Waals surface area contributed by atoms with Gasteiger partial charge >= 0.3 is 0 Å². The van der Waals surface area contributed by atoms with Gasteiger partial charge in [0.2, 0.25) is 15.9 Å². The average Bonchev–Trinajstić information content (AvgIpc) is 3.13. The van der Waals surface area contributed by atoms with Crippen molar-refractivity contribution in [3.63, 3.8) is 0 Å². The molecule has 0 aliphatic heterocycles. The second-order valence-corrected chi connectivity index (χ2v) is 9.84. The van der Waals surface area contributed by atoms with E-state index in [0.29, 0.717) is 38.1 Å². The summed E-state index contributed by atoms with van der Waals surface area (Å²) in [6.07, 6.45) is 0.752. The quantitative estimate of drug-likeness (QED) is 0.504. The smallest absolute Gasteiger partial charge is 0.242 e. The molecule has 3 rings (SSSR count). The SMILES string of the molecule is CCn1c(CCC(=O)NCc2ccccc2COC)nc2cc(S(=O)(=O)N(C)C)ccc21. The summed E-state index contributed by atoms with van der Waals surface area (Å²) >= 11 is 0. The molecule has 0 atom stereocenters. The summed E-state index contributed by atoms with van der Waals surface area (Å²) in [5.74, 6) is 0.694. The topological polar surface area (TPSA) is 93.5 Å². The number of methoxy groups -OCH3 is 1. The van der Waals surface area contributed by atoms with Crippen molar-refractivity contribution in [3.05, 3.63) is 59.4 Å². The first-order valence-electron chi connectivity index (χ1n) is 10.5. The number of imidazole rings is 1. The summed E-state index contributed by atoms with van der Waals surface area (Å²) in [4.78, 5) is 17.3. The molecular weight excluding hydrogens is 428 g/mol. The van der Waals surface area contributed by atoms with Gasteiger partial charge in [0.15, 0.2) is 0 Å². The van der Waals surface area contributed by atoms with Crippen LogP contribution in [0.15, 0.2) is 47.4 Å². The second kappa shape index (κ2) is 10.2. The molecule has 3 aromatic rings. The summed E-state index contributed by atoms with van der Waals surface area (Å²) < 4.78 is 33.3. The Balaban J connectivity index is 1.71. The van der Waals surface area contributed by atoms with Gasteiger partial charge in [0.05, 0.1) is 22.5 Å². The lowest BCUT2D eigenvalue weighted by atomic mass is 10.1. The normalized spacial score (nSPS) is 11.9. The number of amides is 1. The van der Waals surface area contributed by atoms with E-state index < -0.39 is 10.0 Å². The Labute approximate surface area is 189 Å². The van der Waals surface area contributed by atoms with E-state index in [1.807, 2.05) is 35.8 Å². The van der Waals surface area contributed by atoms with Crippen LogP contribution in [-0.4, -0.2) is 49.4 Å². The van der Waals surface area contributed by atoms with Gasteiger partial charge in [0.1, 0.15) is 5.82 Å². The van der Waals surface area contributed by atoms with Crippen LogP contribution in [0.3, 0.4) is 0 Å². The lowest BCUT2D eigenvalue weighted by Gasteiger charge is -2.11. The summed E-state index contributed by atoms with van der Waals surface area (Å²) in [6, 6.07) is 12.8. The van der Waals surface area contributed by atoms with Gasteiger partial charge in [-0.3, -0.25) is 4.79 Å². The van der Waals surface area contributed by atoms with E-state index in [1.165, 1.54) is 18.4 Å². The third-order valence-electron chi connectivity index (χ3n) is 5.36. The molecule has 0 aliphatic rings. The lowest BCUT2D eigenvalue weighted by Crippen LogP contribution is -2.24. The fraction of sp³-hybridized carbons (Fsp3) is 0.391. The third-order valence-corrected chi connectivity index (χ3v) is 7.17. The molecule has 172 valence electrons. The average molecular weight is 459 g/mol. The number of carbonyl (C=O) groups is 1. The van der Waals surface area contributed by atoms with Gasteiger partial charge in [-0.05, 0) is 36.2 Å². The zero-order valence-electron chi connectivity index (χ0n) is 19.0. The zero-order chi connectivity index (χ0) is 23.3. The van der Waals surface area contributed by atoms with Gasteiger partial charge in [-0.2, -0.15) is 0 Å². The predicted molar refractivity (Wildman–Crippen MR) is 124 cm³/mol. The number of benzene rings is 2. The van der Waals surface area contributed by atoms with Crippen molar-refractivity contribution in [2.75, 3.05) is 21.2 Å². The number of fused-ring (bicyclic) bond motifs is 1. The van der Waals surface area contributed by atoms with Gasteiger partial charge in [-0.1, -0.05) is 24.3 Å². The van der Waals surface area contributed by atoms with E-state index in [2.05, 4.69) is 10.3 Å². The van der Waals surface area contributed by atoms with Crippen LogP contribution in [0.1, 0.15) is 30.3 Å². The van der Waals surface area contributed by atoms with Crippen LogP contribution >= 0.6 is 0 Å². The minimum absolute atomic E-state index is 0.0668. The van der Waals surface area contributed by atoms with Gasteiger partial charge in [0, 0.05) is 47.1 Å². The maximum absolute atomic E-state index is 12.5. The van der Waals surface area contributed by atoms with Crippen molar-refractivity contribution in [2.24, 2.45) is 0 Å². The first kappa shape index (κ1) is 23.9. The zero-order valence-corrected chi connectivity index (χ0v) is 19.8. The van der Waals surface area contributed by atoms with E-state index in [-0.39, 0.29) is 10.8 Å². The van der Waals surface area contributed by atoms with Gasteiger partial charge in [0.25, 0.3) is 0 Å². The Bertz CT molecular complexity index is 1200. The Hall–Kier alpha value is -2.75. The molecular formula is C23H30N4O4S. The summed E-state index contributed by atoms with van der Waals surface area (Å²) in [6.45, 7) is 3.62. The molecule has 32 heavy (non-hydrogen) atoms. The molecule has 9 heteroatoms. The lowest BCUT2D eigenvalue weighted by molar-refractivity contribution is -0.121. The van der Waals surface area contributed by atoms with Crippen LogP contribution in [0.2, 0.25) is 0 Å². The largest absolute Gasteiger partial charge is 0.380 e. The van der Waals surface area contributed by atoms with E-state index in [9.17, 15) is 13.2 Å².